The molecule has 0 bridgehead atoms. The number of nitrogens with one attached hydrogen (secondary N) is 2. The van der Waals surface area contributed by atoms with Gasteiger partial charge in [-0.15, -0.1) is 0 Å². The fourth-order valence-electron chi connectivity index (χ4n) is 1.48. The van der Waals surface area contributed by atoms with E-state index in [0.29, 0.717) is 11.5 Å². The first-order valence-electron chi connectivity index (χ1n) is 5.47. The molecule has 0 aliphatic rings. The average molecular weight is 322 g/mol. The number of aryl methyl sites for hydroxylation is 1. The van der Waals surface area contributed by atoms with Crippen molar-refractivity contribution in [2.24, 2.45) is 5.84 Å². The first-order valence-corrected chi connectivity index (χ1v) is 6.26. The minimum atomic E-state index is -0.351. The fourth-order valence-corrected chi connectivity index (χ4v) is 1.84. The lowest BCUT2D eigenvalue weighted by molar-refractivity contribution is 0.102. The molecule has 0 saturated carbocycles. The number of amides is 1. The van der Waals surface area contributed by atoms with Crippen LogP contribution in [0.25, 0.3) is 0 Å². The van der Waals surface area contributed by atoms with Crippen molar-refractivity contribution in [3.8, 4) is 0 Å². The molecule has 1 aromatic carbocycles. The zero-order valence-corrected chi connectivity index (χ0v) is 11.7. The molecular weight excluding hydrogens is 310 g/mol. The molecule has 0 atom stereocenters. The van der Waals surface area contributed by atoms with Crippen LogP contribution in [-0.4, -0.2) is 15.9 Å². The molecule has 1 heterocycles. The number of carbonyl (C=O) groups excluding carboxylic acids is 1. The van der Waals surface area contributed by atoms with E-state index >= 15 is 0 Å². The van der Waals surface area contributed by atoms with Crippen molar-refractivity contribution < 1.29 is 4.79 Å². The number of carbonyl (C=O) groups is 1. The van der Waals surface area contributed by atoms with E-state index in [-0.39, 0.29) is 11.6 Å². The Bertz CT molecular complexity index is 617. The first kappa shape index (κ1) is 13.4. The highest BCUT2D eigenvalue weighted by Crippen LogP contribution is 2.25. The molecule has 2 rings (SSSR count). The maximum atomic E-state index is 12.0. The van der Waals surface area contributed by atoms with Gasteiger partial charge in [0.2, 0.25) is 0 Å². The Kier molecular flexibility index (Phi) is 4.08. The van der Waals surface area contributed by atoms with E-state index in [1.165, 1.54) is 12.4 Å². The molecule has 6 nitrogen and oxygen atoms in total. The molecule has 0 radical (unpaired) electrons. The second-order valence-corrected chi connectivity index (χ2v) is 4.62. The number of benzene rings is 1. The number of hydrogen-bond donors (Lipinski definition) is 3. The fraction of sp³-hybridized carbons (Fsp3) is 0.0833. The SMILES string of the molecule is Cc1cccc(NC(=O)c2cncc(NN)n2)c1Br. The van der Waals surface area contributed by atoms with Gasteiger partial charge in [-0.1, -0.05) is 12.1 Å². The number of halogens is 1. The lowest BCUT2D eigenvalue weighted by Crippen LogP contribution is -2.17. The predicted molar refractivity (Wildman–Crippen MR) is 76.7 cm³/mol. The second-order valence-electron chi connectivity index (χ2n) is 3.82. The van der Waals surface area contributed by atoms with Gasteiger partial charge in [0.25, 0.3) is 5.91 Å². The number of nitrogen functional groups attached to an aromatic ring is 1. The molecule has 0 spiro atoms. The van der Waals surface area contributed by atoms with Crippen molar-refractivity contribution >= 4 is 33.3 Å². The standard InChI is InChI=1S/C12H12BrN5O/c1-7-3-2-4-8(11(7)13)17-12(19)9-5-15-6-10(16-9)18-14/h2-6H,14H2,1H3,(H,16,18)(H,17,19). The van der Waals surface area contributed by atoms with Gasteiger partial charge in [0.05, 0.1) is 18.1 Å². The number of hydrazine groups is 1. The topological polar surface area (TPSA) is 92.9 Å². The Labute approximate surface area is 118 Å². The molecule has 19 heavy (non-hydrogen) atoms. The summed E-state index contributed by atoms with van der Waals surface area (Å²) in [4.78, 5) is 19.9. The van der Waals surface area contributed by atoms with Crippen LogP contribution in [0.2, 0.25) is 0 Å². The van der Waals surface area contributed by atoms with E-state index in [4.69, 9.17) is 5.84 Å². The van der Waals surface area contributed by atoms with Crippen LogP contribution in [0.15, 0.2) is 35.1 Å². The largest absolute Gasteiger partial charge is 0.320 e. The highest BCUT2D eigenvalue weighted by molar-refractivity contribution is 9.10. The molecule has 7 heteroatoms. The molecule has 1 aromatic heterocycles. The summed E-state index contributed by atoms with van der Waals surface area (Å²) < 4.78 is 0.837. The van der Waals surface area contributed by atoms with E-state index in [1.807, 2.05) is 19.1 Å². The summed E-state index contributed by atoms with van der Waals surface area (Å²) in [5.74, 6) is 5.20. The third-order valence-corrected chi connectivity index (χ3v) is 3.51. The van der Waals surface area contributed by atoms with Crippen LogP contribution >= 0.6 is 15.9 Å². The number of hydrogen-bond acceptors (Lipinski definition) is 5. The van der Waals surface area contributed by atoms with Crippen molar-refractivity contribution in [3.63, 3.8) is 0 Å². The third kappa shape index (κ3) is 3.07. The minimum absolute atomic E-state index is 0.184. The zero-order valence-electron chi connectivity index (χ0n) is 10.1. The molecule has 1 amide bonds. The predicted octanol–water partition coefficient (Wildman–Crippen LogP) is 2.09. The maximum absolute atomic E-state index is 12.0. The van der Waals surface area contributed by atoms with Crippen molar-refractivity contribution in [3.05, 3.63) is 46.3 Å². The Morgan fingerprint density at radius 3 is 2.89 bits per heavy atom. The van der Waals surface area contributed by atoms with Crippen LogP contribution in [0.3, 0.4) is 0 Å². The third-order valence-electron chi connectivity index (χ3n) is 2.46. The van der Waals surface area contributed by atoms with Gasteiger partial charge in [-0.2, -0.15) is 0 Å². The van der Waals surface area contributed by atoms with E-state index in [0.717, 1.165) is 10.0 Å². The van der Waals surface area contributed by atoms with E-state index < -0.39 is 0 Å². The van der Waals surface area contributed by atoms with Crippen LogP contribution in [0.4, 0.5) is 11.5 Å². The Hall–Kier alpha value is -1.99. The molecule has 98 valence electrons. The number of anilines is 2. The summed E-state index contributed by atoms with van der Waals surface area (Å²) in [5, 5.41) is 2.76. The van der Waals surface area contributed by atoms with Gasteiger partial charge in [-0.25, -0.2) is 10.8 Å². The smallest absolute Gasteiger partial charge is 0.275 e. The van der Waals surface area contributed by atoms with Gasteiger partial charge >= 0.3 is 0 Å². The molecule has 4 N–H and O–H groups in total. The highest BCUT2D eigenvalue weighted by Gasteiger charge is 2.11. The molecule has 2 aromatic rings. The van der Waals surface area contributed by atoms with Gasteiger partial charge < -0.3 is 10.7 Å². The number of rotatable bonds is 3. The number of nitrogens with two attached hydrogens (primary N) is 1. The molecule has 0 aliphatic carbocycles. The first-order chi connectivity index (χ1) is 9.11. The monoisotopic (exact) mass is 321 g/mol. The maximum Gasteiger partial charge on any atom is 0.275 e. The summed E-state index contributed by atoms with van der Waals surface area (Å²) in [7, 11) is 0. The lowest BCUT2D eigenvalue weighted by atomic mass is 10.2. The van der Waals surface area contributed by atoms with Crippen LogP contribution in [0, 0.1) is 6.92 Å². The minimum Gasteiger partial charge on any atom is -0.320 e. The van der Waals surface area contributed by atoms with Crippen LogP contribution in [0.1, 0.15) is 16.1 Å². The van der Waals surface area contributed by atoms with Gasteiger partial charge in [0.15, 0.2) is 5.82 Å². The van der Waals surface area contributed by atoms with Gasteiger partial charge in [-0.3, -0.25) is 9.78 Å². The summed E-state index contributed by atoms with van der Waals surface area (Å²) in [6.45, 7) is 1.94. The summed E-state index contributed by atoms with van der Waals surface area (Å²) in [5.41, 5.74) is 4.24. The normalized spacial score (nSPS) is 10.1. The lowest BCUT2D eigenvalue weighted by Gasteiger charge is -2.09. The summed E-state index contributed by atoms with van der Waals surface area (Å²) in [6, 6.07) is 5.60. The summed E-state index contributed by atoms with van der Waals surface area (Å²) >= 11 is 3.43. The van der Waals surface area contributed by atoms with Gasteiger partial charge in [0.1, 0.15) is 5.69 Å². The second kappa shape index (κ2) is 5.77. The molecule has 0 fully saturated rings. The van der Waals surface area contributed by atoms with Gasteiger partial charge in [-0.05, 0) is 34.5 Å². The van der Waals surface area contributed by atoms with Crippen molar-refractivity contribution in [2.45, 2.75) is 6.92 Å². The Balaban J connectivity index is 2.23. The molecule has 0 saturated heterocycles. The number of nitrogens with zero attached hydrogens (tertiary/aromatic N) is 2. The van der Waals surface area contributed by atoms with Crippen molar-refractivity contribution in [2.75, 3.05) is 10.7 Å². The Morgan fingerprint density at radius 1 is 1.37 bits per heavy atom. The van der Waals surface area contributed by atoms with Crippen LogP contribution in [-0.2, 0) is 0 Å². The quantitative estimate of drug-likeness (QED) is 0.594. The number of aromatic nitrogens is 2. The van der Waals surface area contributed by atoms with E-state index in [9.17, 15) is 4.79 Å². The summed E-state index contributed by atoms with van der Waals surface area (Å²) in [6.07, 6.45) is 2.80. The Morgan fingerprint density at radius 2 is 2.16 bits per heavy atom. The van der Waals surface area contributed by atoms with E-state index in [2.05, 4.69) is 36.6 Å². The average Bonchev–Trinajstić information content (AvgIpc) is 2.44. The van der Waals surface area contributed by atoms with Crippen molar-refractivity contribution in [1.29, 1.82) is 0 Å². The van der Waals surface area contributed by atoms with Crippen molar-refractivity contribution in [1.82, 2.24) is 9.97 Å². The molecular formula is C12H12BrN5O. The highest BCUT2D eigenvalue weighted by atomic mass is 79.9. The molecule has 0 aliphatic heterocycles. The zero-order chi connectivity index (χ0) is 13.8. The van der Waals surface area contributed by atoms with E-state index in [1.54, 1.807) is 6.07 Å². The van der Waals surface area contributed by atoms with Crippen LogP contribution in [0.5, 0.6) is 0 Å². The molecule has 0 unspecified atom stereocenters. The van der Waals surface area contributed by atoms with Crippen LogP contribution < -0.4 is 16.6 Å². The van der Waals surface area contributed by atoms with Gasteiger partial charge in [0, 0.05) is 4.47 Å².